The van der Waals surface area contributed by atoms with Crippen LogP contribution in [-0.2, 0) is 10.0 Å². The molecule has 8 heteroatoms. The summed E-state index contributed by atoms with van der Waals surface area (Å²) < 4.78 is 24.4. The molecule has 1 aromatic heterocycles. The molecule has 110 valence electrons. The van der Waals surface area contributed by atoms with E-state index in [9.17, 15) is 8.42 Å². The molecule has 2 heterocycles. The Hall–Kier alpha value is -1.67. The Morgan fingerprint density at radius 1 is 1.30 bits per heavy atom. The zero-order valence-electron chi connectivity index (χ0n) is 11.6. The van der Waals surface area contributed by atoms with E-state index >= 15 is 0 Å². The Morgan fingerprint density at radius 2 is 1.90 bits per heavy atom. The highest BCUT2D eigenvalue weighted by Gasteiger charge is 2.24. The summed E-state index contributed by atoms with van der Waals surface area (Å²) in [4.78, 5) is 6.45. The molecule has 0 atom stereocenters. The first-order chi connectivity index (χ1) is 9.27. The monoisotopic (exact) mass is 297 g/mol. The molecule has 20 heavy (non-hydrogen) atoms. The number of aryl methyl sites for hydroxylation is 1. The summed E-state index contributed by atoms with van der Waals surface area (Å²) >= 11 is 0. The van der Waals surface area contributed by atoms with E-state index < -0.39 is 10.0 Å². The fraction of sp³-hybridized carbons (Fsp3) is 0.500. The minimum atomic E-state index is -3.13. The second-order valence-corrected chi connectivity index (χ2v) is 6.90. The number of nitrogens with one attached hydrogen (secondary N) is 1. The average Bonchev–Trinajstić information content (AvgIpc) is 2.37. The number of hydrogen-bond donors (Lipinski definition) is 2. The molecule has 1 aliphatic rings. The number of amidine groups is 1. The van der Waals surface area contributed by atoms with Crippen LogP contribution < -0.4 is 10.6 Å². The molecule has 0 bridgehead atoms. The van der Waals surface area contributed by atoms with Gasteiger partial charge in [0.1, 0.15) is 11.7 Å². The molecule has 2 rings (SSSR count). The van der Waals surface area contributed by atoms with Crippen LogP contribution in [0.5, 0.6) is 0 Å². The number of nitrogens with zero attached hydrogens (tertiary/aromatic N) is 3. The first kappa shape index (κ1) is 14.7. The van der Waals surface area contributed by atoms with E-state index in [0.29, 0.717) is 31.7 Å². The molecule has 0 unspecified atom stereocenters. The van der Waals surface area contributed by atoms with Crippen LogP contribution in [0.4, 0.5) is 5.82 Å². The smallest absolute Gasteiger partial charge is 0.211 e. The van der Waals surface area contributed by atoms with Crippen LogP contribution in [-0.4, -0.2) is 56.0 Å². The summed E-state index contributed by atoms with van der Waals surface area (Å²) in [7, 11) is -3.13. The van der Waals surface area contributed by atoms with Gasteiger partial charge in [0.2, 0.25) is 10.0 Å². The molecule has 0 saturated carbocycles. The van der Waals surface area contributed by atoms with E-state index in [4.69, 9.17) is 11.1 Å². The molecule has 0 amide bonds. The van der Waals surface area contributed by atoms with Crippen molar-refractivity contribution in [3.63, 3.8) is 0 Å². The largest absolute Gasteiger partial charge is 0.384 e. The lowest BCUT2D eigenvalue weighted by molar-refractivity contribution is 0.387. The molecule has 0 aromatic carbocycles. The van der Waals surface area contributed by atoms with Crippen LogP contribution in [0.1, 0.15) is 11.3 Å². The molecule has 7 nitrogen and oxygen atoms in total. The van der Waals surface area contributed by atoms with E-state index in [2.05, 4.69) is 4.98 Å². The summed E-state index contributed by atoms with van der Waals surface area (Å²) in [5.41, 5.74) is 6.94. The molecule has 0 aliphatic carbocycles. The first-order valence-electron chi connectivity index (χ1n) is 6.30. The molecule has 1 fully saturated rings. The number of nitrogens with two attached hydrogens (primary N) is 1. The lowest BCUT2D eigenvalue weighted by atomic mass is 10.2. The molecule has 0 radical (unpaired) electrons. The van der Waals surface area contributed by atoms with E-state index in [1.54, 1.807) is 12.1 Å². The van der Waals surface area contributed by atoms with Gasteiger partial charge >= 0.3 is 0 Å². The molecule has 1 aromatic rings. The maximum atomic E-state index is 11.5. The number of nitrogen functional groups attached to an aromatic ring is 1. The van der Waals surface area contributed by atoms with Gasteiger partial charge < -0.3 is 10.6 Å². The fourth-order valence-electron chi connectivity index (χ4n) is 2.22. The Morgan fingerprint density at radius 3 is 2.40 bits per heavy atom. The number of rotatable bonds is 3. The van der Waals surface area contributed by atoms with Gasteiger partial charge in [0.25, 0.3) is 0 Å². The number of pyridine rings is 1. The summed E-state index contributed by atoms with van der Waals surface area (Å²) in [5, 5.41) is 7.50. The second kappa shape index (κ2) is 5.37. The van der Waals surface area contributed by atoms with Gasteiger partial charge in [-0.25, -0.2) is 13.4 Å². The number of hydrogen-bond acceptors (Lipinski definition) is 5. The van der Waals surface area contributed by atoms with Crippen LogP contribution in [0.3, 0.4) is 0 Å². The summed E-state index contributed by atoms with van der Waals surface area (Å²) in [6.45, 7) is 3.91. The van der Waals surface area contributed by atoms with Gasteiger partial charge in [0.05, 0.1) is 6.26 Å². The van der Waals surface area contributed by atoms with Crippen LogP contribution in [0, 0.1) is 12.3 Å². The van der Waals surface area contributed by atoms with Crippen molar-refractivity contribution in [3.8, 4) is 0 Å². The average molecular weight is 297 g/mol. The van der Waals surface area contributed by atoms with Gasteiger partial charge in [0.15, 0.2) is 0 Å². The Balaban J connectivity index is 2.17. The molecule has 0 spiro atoms. The molecular formula is C12H19N5O2S. The predicted molar refractivity (Wildman–Crippen MR) is 78.6 cm³/mol. The van der Waals surface area contributed by atoms with Crippen molar-refractivity contribution in [1.29, 1.82) is 5.41 Å². The third kappa shape index (κ3) is 3.26. The summed E-state index contributed by atoms with van der Waals surface area (Å²) in [5.74, 6) is 0.745. The minimum Gasteiger partial charge on any atom is -0.384 e. The van der Waals surface area contributed by atoms with Gasteiger partial charge in [-0.15, -0.1) is 0 Å². The summed E-state index contributed by atoms with van der Waals surface area (Å²) in [6.07, 6.45) is 1.22. The van der Waals surface area contributed by atoms with Gasteiger partial charge in [0, 0.05) is 37.4 Å². The third-order valence-electron chi connectivity index (χ3n) is 3.28. The highest BCUT2D eigenvalue weighted by atomic mass is 32.2. The zero-order valence-corrected chi connectivity index (χ0v) is 12.4. The van der Waals surface area contributed by atoms with Crippen LogP contribution in [0.25, 0.3) is 0 Å². The topological polar surface area (TPSA) is 103 Å². The van der Waals surface area contributed by atoms with E-state index in [0.717, 1.165) is 11.5 Å². The van der Waals surface area contributed by atoms with Crippen LogP contribution >= 0.6 is 0 Å². The zero-order chi connectivity index (χ0) is 14.9. The summed E-state index contributed by atoms with van der Waals surface area (Å²) in [6, 6.07) is 3.53. The quantitative estimate of drug-likeness (QED) is 0.592. The van der Waals surface area contributed by atoms with Crippen molar-refractivity contribution in [1.82, 2.24) is 9.29 Å². The maximum Gasteiger partial charge on any atom is 0.211 e. The highest BCUT2D eigenvalue weighted by Crippen LogP contribution is 2.17. The first-order valence-corrected chi connectivity index (χ1v) is 8.15. The Labute approximate surface area is 119 Å². The second-order valence-electron chi connectivity index (χ2n) is 4.92. The van der Waals surface area contributed by atoms with Crippen molar-refractivity contribution in [2.24, 2.45) is 5.73 Å². The molecule has 1 saturated heterocycles. The van der Waals surface area contributed by atoms with Crippen molar-refractivity contribution in [2.75, 3.05) is 37.3 Å². The van der Waals surface area contributed by atoms with E-state index in [1.807, 2.05) is 11.8 Å². The van der Waals surface area contributed by atoms with Gasteiger partial charge in [-0.3, -0.25) is 5.41 Å². The lowest BCUT2D eigenvalue weighted by Crippen LogP contribution is -2.48. The normalized spacial score (nSPS) is 17.2. The standard InChI is InChI=1S/C12H19N5O2S/c1-9-7-10(12(13)14)8-11(15-9)16-3-5-17(6-4-16)20(2,18)19/h7-8H,3-6H2,1-2H3,(H3,13,14). The molecule has 1 aliphatic heterocycles. The lowest BCUT2D eigenvalue weighted by Gasteiger charge is -2.34. The van der Waals surface area contributed by atoms with Crippen molar-refractivity contribution >= 4 is 21.7 Å². The minimum absolute atomic E-state index is 0.00604. The number of piperazine rings is 1. The van der Waals surface area contributed by atoms with Gasteiger partial charge in [-0.1, -0.05) is 0 Å². The predicted octanol–water partition coefficient (Wildman–Crippen LogP) is -0.244. The Kier molecular flexibility index (Phi) is 3.96. The van der Waals surface area contributed by atoms with E-state index in [1.165, 1.54) is 10.6 Å². The van der Waals surface area contributed by atoms with E-state index in [-0.39, 0.29) is 5.84 Å². The van der Waals surface area contributed by atoms with Crippen molar-refractivity contribution in [3.05, 3.63) is 23.4 Å². The molecular weight excluding hydrogens is 278 g/mol. The van der Waals surface area contributed by atoms with Crippen molar-refractivity contribution < 1.29 is 8.42 Å². The third-order valence-corrected chi connectivity index (χ3v) is 4.59. The maximum absolute atomic E-state index is 11.5. The van der Waals surface area contributed by atoms with Crippen molar-refractivity contribution in [2.45, 2.75) is 6.92 Å². The number of sulfonamides is 1. The van der Waals surface area contributed by atoms with Crippen LogP contribution in [0.15, 0.2) is 12.1 Å². The Bertz CT molecular complexity index is 621. The van der Waals surface area contributed by atoms with Gasteiger partial charge in [-0.2, -0.15) is 4.31 Å². The van der Waals surface area contributed by atoms with Gasteiger partial charge in [-0.05, 0) is 19.1 Å². The highest BCUT2D eigenvalue weighted by molar-refractivity contribution is 7.88. The SMILES string of the molecule is Cc1cc(C(=N)N)cc(N2CCN(S(C)(=O)=O)CC2)n1. The van der Waals surface area contributed by atoms with Crippen LogP contribution in [0.2, 0.25) is 0 Å². The number of anilines is 1. The molecule has 3 N–H and O–H groups in total. The fourth-order valence-corrected chi connectivity index (χ4v) is 3.04. The number of aromatic nitrogens is 1.